The molecule has 0 aromatic heterocycles. The molecule has 0 saturated heterocycles. The van der Waals surface area contributed by atoms with Gasteiger partial charge in [-0.15, -0.1) is 0 Å². The maximum atomic E-state index is 12.4. The van der Waals surface area contributed by atoms with Gasteiger partial charge in [0, 0.05) is 12.8 Å². The Morgan fingerprint density at radius 2 is 1.13 bits per heavy atom. The van der Waals surface area contributed by atoms with Crippen molar-refractivity contribution in [2.75, 3.05) is 13.2 Å². The molecule has 0 amide bonds. The Hall–Kier alpha value is -2.81. The summed E-state index contributed by atoms with van der Waals surface area (Å²) in [5.74, 6) is -0.994. The largest absolute Gasteiger partial charge is 0.469 e. The van der Waals surface area contributed by atoms with E-state index in [0.717, 1.165) is 51.4 Å². The second-order valence-electron chi connectivity index (χ2n) is 13.1. The van der Waals surface area contributed by atoms with Crippen molar-refractivity contribution in [1.29, 1.82) is 0 Å². The molecule has 3 N–H and O–H groups in total. The van der Waals surface area contributed by atoms with E-state index in [0.29, 0.717) is 25.7 Å². The molecule has 9 nitrogen and oxygen atoms in total. The van der Waals surface area contributed by atoms with Gasteiger partial charge in [-0.3, -0.25) is 14.1 Å². The van der Waals surface area contributed by atoms with Crippen LogP contribution in [-0.4, -0.2) is 52.3 Å². The second kappa shape index (κ2) is 37.5. The average Bonchev–Trinajstić information content (AvgIpc) is 3.12. The van der Waals surface area contributed by atoms with Crippen LogP contribution in [0.15, 0.2) is 85.1 Å². The van der Waals surface area contributed by atoms with Crippen LogP contribution in [0.1, 0.15) is 149 Å². The first-order valence-electron chi connectivity index (χ1n) is 20.0. The maximum absolute atomic E-state index is 12.4. The monoisotopic (exact) mass is 762 g/mol. The molecule has 0 aromatic rings. The predicted molar refractivity (Wildman–Crippen MR) is 217 cm³/mol. The third-order valence-electron chi connectivity index (χ3n) is 7.97. The summed E-state index contributed by atoms with van der Waals surface area (Å²) in [6.45, 7) is 3.35. The standard InChI is InChI=1S/C43H71O9P/c1-3-5-7-8-9-10-11-12-13-14-15-16-21-24-27-30-33-37-43(46)52-41(39-51-53(47,48)49)38-50-42(45)36-32-29-26-23-20-18-17-19-22-25-28-31-35-40(44)34-6-4-2/h6,9-10,12-13,17-18,22-23,25-26,28,31,34,40-41,44H,3-5,7-8,11,14-16,19-21,24,27,29-30,32-33,35-39H2,1-2H3,(H2,47,48,49)/b10-9-,13-12-,18-17-,25-22-,26-23-,31-28+,34-6-/t40?,41-/m1/s1. The zero-order valence-electron chi connectivity index (χ0n) is 32.7. The minimum absolute atomic E-state index is 0.165. The molecule has 0 aliphatic carbocycles. The molecule has 0 bridgehead atoms. The van der Waals surface area contributed by atoms with Crippen molar-refractivity contribution in [2.24, 2.45) is 0 Å². The summed E-state index contributed by atoms with van der Waals surface area (Å²) in [7, 11) is -4.78. The van der Waals surface area contributed by atoms with Gasteiger partial charge in [0.15, 0.2) is 6.10 Å². The molecule has 0 aliphatic heterocycles. The van der Waals surface area contributed by atoms with Crippen molar-refractivity contribution in [3.8, 4) is 0 Å². The summed E-state index contributed by atoms with van der Waals surface area (Å²) in [6.07, 6.45) is 46.4. The van der Waals surface area contributed by atoms with Crippen LogP contribution in [0.25, 0.3) is 0 Å². The lowest BCUT2D eigenvalue weighted by Crippen LogP contribution is -2.29. The number of unbranched alkanes of at least 4 members (excludes halogenated alkanes) is 11. The topological polar surface area (TPSA) is 140 Å². The Morgan fingerprint density at radius 3 is 1.75 bits per heavy atom. The zero-order chi connectivity index (χ0) is 39.1. The molecular formula is C43H71O9P. The van der Waals surface area contributed by atoms with Crippen molar-refractivity contribution < 1.29 is 43.0 Å². The van der Waals surface area contributed by atoms with Gasteiger partial charge in [0.05, 0.1) is 12.7 Å². The third-order valence-corrected chi connectivity index (χ3v) is 8.46. The number of aliphatic hydroxyl groups is 1. The van der Waals surface area contributed by atoms with Crippen molar-refractivity contribution in [3.05, 3.63) is 85.1 Å². The van der Waals surface area contributed by atoms with Crippen LogP contribution >= 0.6 is 7.82 Å². The number of ether oxygens (including phenoxy) is 2. The Morgan fingerprint density at radius 1 is 0.604 bits per heavy atom. The van der Waals surface area contributed by atoms with Gasteiger partial charge < -0.3 is 24.4 Å². The third kappa shape index (κ3) is 40.2. The normalized spacial score (nSPS) is 14.0. The van der Waals surface area contributed by atoms with Crippen LogP contribution in [0, 0.1) is 0 Å². The van der Waals surface area contributed by atoms with E-state index in [2.05, 4.69) is 47.9 Å². The van der Waals surface area contributed by atoms with Crippen LogP contribution in [0.2, 0.25) is 0 Å². The number of rotatable bonds is 35. The summed E-state index contributed by atoms with van der Waals surface area (Å²) in [5.41, 5.74) is 0. The molecule has 1 unspecified atom stereocenters. The molecule has 2 atom stereocenters. The highest BCUT2D eigenvalue weighted by molar-refractivity contribution is 7.46. The van der Waals surface area contributed by atoms with Gasteiger partial charge in [-0.25, -0.2) is 4.57 Å². The molecule has 0 heterocycles. The first-order chi connectivity index (χ1) is 25.7. The fourth-order valence-electron chi connectivity index (χ4n) is 4.99. The van der Waals surface area contributed by atoms with Crippen LogP contribution in [0.5, 0.6) is 0 Å². The molecule has 0 spiro atoms. The second-order valence-corrected chi connectivity index (χ2v) is 14.3. The Labute approximate surface area is 321 Å². The molecular weight excluding hydrogens is 691 g/mol. The zero-order valence-corrected chi connectivity index (χ0v) is 33.6. The average molecular weight is 763 g/mol. The molecule has 0 radical (unpaired) electrons. The van der Waals surface area contributed by atoms with Gasteiger partial charge in [0.1, 0.15) is 6.61 Å². The van der Waals surface area contributed by atoms with Crippen LogP contribution < -0.4 is 0 Å². The van der Waals surface area contributed by atoms with Gasteiger partial charge in [0.2, 0.25) is 0 Å². The molecule has 0 saturated carbocycles. The number of carbonyl (C=O) groups excluding carboxylic acids is 2. The minimum Gasteiger partial charge on any atom is -0.462 e. The molecule has 302 valence electrons. The molecule has 0 rings (SSSR count). The Kier molecular flexibility index (Phi) is 35.5. The van der Waals surface area contributed by atoms with Crippen molar-refractivity contribution in [1.82, 2.24) is 0 Å². The lowest BCUT2D eigenvalue weighted by atomic mass is 10.1. The fraction of sp³-hybridized carbons (Fsp3) is 0.628. The Bertz CT molecular complexity index is 1150. The minimum atomic E-state index is -4.78. The number of phosphoric acid groups is 1. The van der Waals surface area contributed by atoms with Crippen molar-refractivity contribution >= 4 is 19.8 Å². The van der Waals surface area contributed by atoms with E-state index in [-0.39, 0.29) is 19.4 Å². The fourth-order valence-corrected chi connectivity index (χ4v) is 5.35. The van der Waals surface area contributed by atoms with Gasteiger partial charge in [-0.1, -0.05) is 144 Å². The number of phosphoric ester groups is 1. The van der Waals surface area contributed by atoms with Gasteiger partial charge in [-0.2, -0.15) is 0 Å². The maximum Gasteiger partial charge on any atom is 0.469 e. The first kappa shape index (κ1) is 50.2. The van der Waals surface area contributed by atoms with E-state index in [1.54, 1.807) is 0 Å². The van der Waals surface area contributed by atoms with E-state index >= 15 is 0 Å². The van der Waals surface area contributed by atoms with E-state index in [4.69, 9.17) is 19.3 Å². The smallest absolute Gasteiger partial charge is 0.462 e. The predicted octanol–water partition coefficient (Wildman–Crippen LogP) is 11.0. The lowest BCUT2D eigenvalue weighted by Gasteiger charge is -2.18. The van der Waals surface area contributed by atoms with Crippen LogP contribution in [-0.2, 0) is 28.2 Å². The summed E-state index contributed by atoms with van der Waals surface area (Å²) in [6, 6.07) is 0. The summed E-state index contributed by atoms with van der Waals surface area (Å²) < 4.78 is 26.3. The molecule has 0 aromatic carbocycles. The first-order valence-corrected chi connectivity index (χ1v) is 21.5. The molecule has 0 aliphatic rings. The molecule has 0 fully saturated rings. The number of aliphatic hydroxyl groups excluding tert-OH is 1. The summed E-state index contributed by atoms with van der Waals surface area (Å²) in [5, 5.41) is 9.73. The highest BCUT2D eigenvalue weighted by atomic mass is 31.2. The number of hydrogen-bond acceptors (Lipinski definition) is 7. The van der Waals surface area contributed by atoms with E-state index in [1.165, 1.54) is 44.9 Å². The number of carbonyl (C=O) groups is 2. The number of hydrogen-bond donors (Lipinski definition) is 3. The van der Waals surface area contributed by atoms with Crippen LogP contribution in [0.4, 0.5) is 0 Å². The number of allylic oxidation sites excluding steroid dienone is 12. The van der Waals surface area contributed by atoms with Gasteiger partial charge in [-0.05, 0) is 77.0 Å². The summed E-state index contributed by atoms with van der Waals surface area (Å²) in [4.78, 5) is 42.8. The van der Waals surface area contributed by atoms with E-state index < -0.39 is 38.6 Å². The highest BCUT2D eigenvalue weighted by Crippen LogP contribution is 2.36. The summed E-state index contributed by atoms with van der Waals surface area (Å²) >= 11 is 0. The SMILES string of the molecule is CC/C=C\C(O)C/C=C/C=C\C/C=C\C/C=C\CCCC(=O)OC[C@H](COP(=O)(O)O)OC(=O)CCCCCCCCC/C=C\C/C=C\CCCCC. The van der Waals surface area contributed by atoms with E-state index in [9.17, 15) is 19.3 Å². The van der Waals surface area contributed by atoms with Crippen molar-refractivity contribution in [3.63, 3.8) is 0 Å². The highest BCUT2D eigenvalue weighted by Gasteiger charge is 2.22. The number of esters is 2. The quantitative estimate of drug-likeness (QED) is 0.0189. The lowest BCUT2D eigenvalue weighted by molar-refractivity contribution is -0.161. The van der Waals surface area contributed by atoms with E-state index in [1.807, 2.05) is 55.5 Å². The Balaban J connectivity index is 4.11. The van der Waals surface area contributed by atoms with Crippen molar-refractivity contribution in [2.45, 2.75) is 161 Å². The van der Waals surface area contributed by atoms with Crippen LogP contribution in [0.3, 0.4) is 0 Å². The van der Waals surface area contributed by atoms with Gasteiger partial charge in [0.25, 0.3) is 0 Å². The molecule has 53 heavy (non-hydrogen) atoms. The van der Waals surface area contributed by atoms with Gasteiger partial charge >= 0.3 is 19.8 Å². The molecule has 10 heteroatoms.